The Morgan fingerprint density at radius 2 is 2.07 bits per heavy atom. The first-order chi connectivity index (χ1) is 13.2. The molecule has 1 amide bonds. The second-order valence-corrected chi connectivity index (χ2v) is 7.55. The molecule has 2 aromatic carbocycles. The fourth-order valence-electron chi connectivity index (χ4n) is 3.93. The fourth-order valence-corrected chi connectivity index (χ4v) is 4.18. The van der Waals surface area contributed by atoms with Crippen LogP contribution in [0.3, 0.4) is 0 Å². The van der Waals surface area contributed by atoms with Gasteiger partial charge in [-0.1, -0.05) is 47.6 Å². The average Bonchev–Trinajstić information content (AvgIpc) is 3.32. The average molecular weight is 383 g/mol. The van der Waals surface area contributed by atoms with E-state index in [-0.39, 0.29) is 11.3 Å². The van der Waals surface area contributed by atoms with Gasteiger partial charge < -0.3 is 9.42 Å². The predicted molar refractivity (Wildman–Crippen MR) is 103 cm³/mol. The van der Waals surface area contributed by atoms with Crippen molar-refractivity contribution in [3.63, 3.8) is 0 Å². The minimum Gasteiger partial charge on any atom is -0.360 e. The number of hydrazine groups is 1. The van der Waals surface area contributed by atoms with Crippen LogP contribution in [-0.4, -0.2) is 40.5 Å². The number of hydrogen-bond acceptors (Lipinski definition) is 5. The number of aromatic nitrogens is 1. The lowest BCUT2D eigenvalue weighted by atomic mass is 9.96. The van der Waals surface area contributed by atoms with Gasteiger partial charge in [0.15, 0.2) is 0 Å². The summed E-state index contributed by atoms with van der Waals surface area (Å²) in [6, 6.07) is 14.0. The second-order valence-electron chi connectivity index (χ2n) is 6.99. The van der Waals surface area contributed by atoms with Crippen molar-refractivity contribution < 1.29 is 9.32 Å². The third-order valence-electron chi connectivity index (χ3n) is 5.37. The van der Waals surface area contributed by atoms with Crippen LogP contribution in [0.15, 0.2) is 47.0 Å². The van der Waals surface area contributed by atoms with Crippen LogP contribution < -0.4 is 10.9 Å². The number of hydrogen-bond donors (Lipinski definition) is 2. The summed E-state index contributed by atoms with van der Waals surface area (Å²) in [5, 5.41) is 6.39. The lowest BCUT2D eigenvalue weighted by molar-refractivity contribution is -0.134. The van der Waals surface area contributed by atoms with Gasteiger partial charge in [0.2, 0.25) is 5.91 Å². The van der Waals surface area contributed by atoms with Crippen molar-refractivity contribution in [2.45, 2.75) is 24.4 Å². The molecule has 0 aliphatic carbocycles. The number of rotatable bonds is 2. The van der Waals surface area contributed by atoms with Crippen molar-refractivity contribution in [2.24, 2.45) is 0 Å². The largest absolute Gasteiger partial charge is 0.360 e. The molecule has 2 atom stereocenters. The molecule has 7 heteroatoms. The topological polar surface area (TPSA) is 70.4 Å². The Morgan fingerprint density at radius 3 is 2.93 bits per heavy atom. The van der Waals surface area contributed by atoms with Crippen LogP contribution in [0.1, 0.15) is 11.3 Å². The van der Waals surface area contributed by atoms with E-state index >= 15 is 0 Å². The number of nitrogens with one attached hydrogen (secondary N) is 2. The standard InChI is InChI=1S/C20H19ClN4O2/c21-16-10-22-23-19(16)20(26)25-9-8-17-15(11-25)18(24-27-17)14-7-3-5-12-4-1-2-6-13(12)14/h1-7,16,19,22-23H,8-11H2. The van der Waals surface area contributed by atoms with E-state index in [1.807, 2.05) is 23.1 Å². The number of fused-ring (bicyclic) bond motifs is 2. The van der Waals surface area contributed by atoms with Crippen LogP contribution in [0, 0.1) is 0 Å². The number of halogens is 1. The zero-order valence-electron chi connectivity index (χ0n) is 14.6. The van der Waals surface area contributed by atoms with Gasteiger partial charge in [0.05, 0.1) is 11.9 Å². The highest BCUT2D eigenvalue weighted by molar-refractivity contribution is 6.23. The molecule has 138 valence electrons. The van der Waals surface area contributed by atoms with Crippen molar-refractivity contribution in [1.82, 2.24) is 20.9 Å². The van der Waals surface area contributed by atoms with Crippen LogP contribution >= 0.6 is 11.6 Å². The van der Waals surface area contributed by atoms with Crippen molar-refractivity contribution in [1.29, 1.82) is 0 Å². The van der Waals surface area contributed by atoms with E-state index in [1.54, 1.807) is 0 Å². The zero-order chi connectivity index (χ0) is 18.4. The Kier molecular flexibility index (Phi) is 4.11. The molecule has 2 aliphatic rings. The van der Waals surface area contributed by atoms with Crippen LogP contribution in [0.5, 0.6) is 0 Å². The van der Waals surface area contributed by atoms with Crippen LogP contribution in [0.2, 0.25) is 0 Å². The normalized spacial score (nSPS) is 22.2. The SMILES string of the molecule is O=C(C1NNCC1Cl)N1CCc2onc(-c3cccc4ccccc34)c2C1. The van der Waals surface area contributed by atoms with E-state index in [0.717, 1.165) is 33.4 Å². The zero-order valence-corrected chi connectivity index (χ0v) is 15.4. The summed E-state index contributed by atoms with van der Waals surface area (Å²) >= 11 is 6.26. The maximum absolute atomic E-state index is 12.9. The number of carbonyl (C=O) groups excluding carboxylic acids is 1. The maximum atomic E-state index is 12.9. The Labute approximate surface area is 161 Å². The summed E-state index contributed by atoms with van der Waals surface area (Å²) in [5.41, 5.74) is 8.77. The third kappa shape index (κ3) is 2.81. The molecule has 0 radical (unpaired) electrons. The van der Waals surface area contributed by atoms with E-state index in [2.05, 4.69) is 40.3 Å². The molecule has 2 N–H and O–H groups in total. The van der Waals surface area contributed by atoms with Gasteiger partial charge in [0.25, 0.3) is 0 Å². The highest BCUT2D eigenvalue weighted by atomic mass is 35.5. The van der Waals surface area contributed by atoms with E-state index in [9.17, 15) is 4.79 Å². The smallest absolute Gasteiger partial charge is 0.242 e. The van der Waals surface area contributed by atoms with Gasteiger partial charge in [-0.05, 0) is 10.8 Å². The number of benzene rings is 2. The summed E-state index contributed by atoms with van der Waals surface area (Å²) in [7, 11) is 0. The minimum atomic E-state index is -0.408. The highest BCUT2D eigenvalue weighted by Crippen LogP contribution is 2.34. The van der Waals surface area contributed by atoms with Crippen LogP contribution in [-0.2, 0) is 17.8 Å². The van der Waals surface area contributed by atoms with E-state index in [1.165, 1.54) is 0 Å². The molecular weight excluding hydrogens is 364 g/mol. The van der Waals surface area contributed by atoms with Crippen molar-refractivity contribution in [3.8, 4) is 11.3 Å². The van der Waals surface area contributed by atoms with Gasteiger partial charge in [-0.3, -0.25) is 10.2 Å². The number of alkyl halides is 1. The Bertz CT molecular complexity index is 1010. The molecule has 6 nitrogen and oxygen atoms in total. The van der Waals surface area contributed by atoms with Crippen molar-refractivity contribution in [3.05, 3.63) is 53.8 Å². The third-order valence-corrected chi connectivity index (χ3v) is 5.77. The molecular formula is C20H19ClN4O2. The molecule has 2 aliphatic heterocycles. The summed E-state index contributed by atoms with van der Waals surface area (Å²) in [6.07, 6.45) is 0.659. The molecule has 0 spiro atoms. The predicted octanol–water partition coefficient (Wildman–Crippen LogP) is 2.46. The Balaban J connectivity index is 1.51. The second kappa shape index (κ2) is 6.64. The molecule has 5 rings (SSSR count). The van der Waals surface area contributed by atoms with Crippen molar-refractivity contribution in [2.75, 3.05) is 13.1 Å². The lowest BCUT2D eigenvalue weighted by Crippen LogP contribution is -2.49. The number of nitrogens with zero attached hydrogens (tertiary/aromatic N) is 2. The number of carbonyl (C=O) groups is 1. The summed E-state index contributed by atoms with van der Waals surface area (Å²) in [6.45, 7) is 1.67. The first-order valence-corrected chi connectivity index (χ1v) is 9.53. The monoisotopic (exact) mass is 382 g/mol. The van der Waals surface area contributed by atoms with E-state index in [4.69, 9.17) is 16.1 Å². The first kappa shape index (κ1) is 16.7. The molecule has 3 heterocycles. The molecule has 27 heavy (non-hydrogen) atoms. The van der Waals surface area contributed by atoms with Gasteiger partial charge in [-0.25, -0.2) is 5.43 Å². The summed E-state index contributed by atoms with van der Waals surface area (Å²) in [4.78, 5) is 14.7. The van der Waals surface area contributed by atoms with Gasteiger partial charge >= 0.3 is 0 Å². The molecule has 3 aromatic rings. The fraction of sp³-hybridized carbons (Fsp3) is 0.300. The van der Waals surface area contributed by atoms with Gasteiger partial charge in [-0.2, -0.15) is 0 Å². The molecule has 0 bridgehead atoms. The first-order valence-electron chi connectivity index (χ1n) is 9.09. The van der Waals surface area contributed by atoms with Crippen LogP contribution in [0.25, 0.3) is 22.0 Å². The van der Waals surface area contributed by atoms with Gasteiger partial charge in [0.1, 0.15) is 17.5 Å². The quantitative estimate of drug-likeness (QED) is 0.666. The Morgan fingerprint density at radius 1 is 1.22 bits per heavy atom. The molecule has 0 saturated carbocycles. The summed E-state index contributed by atoms with van der Waals surface area (Å²) in [5.74, 6) is 0.873. The van der Waals surface area contributed by atoms with Gasteiger partial charge in [-0.15, -0.1) is 11.6 Å². The molecule has 2 unspecified atom stereocenters. The van der Waals surface area contributed by atoms with Crippen molar-refractivity contribution >= 4 is 28.3 Å². The maximum Gasteiger partial charge on any atom is 0.242 e. The molecule has 1 aromatic heterocycles. The van der Waals surface area contributed by atoms with Crippen LogP contribution in [0.4, 0.5) is 0 Å². The van der Waals surface area contributed by atoms with E-state index < -0.39 is 6.04 Å². The van der Waals surface area contributed by atoms with Gasteiger partial charge in [0, 0.05) is 30.6 Å². The van der Waals surface area contributed by atoms with E-state index in [0.29, 0.717) is 26.1 Å². The molecule has 1 saturated heterocycles. The lowest BCUT2D eigenvalue weighted by Gasteiger charge is -2.29. The minimum absolute atomic E-state index is 0.00993. The molecule has 1 fully saturated rings. The number of amides is 1. The highest BCUT2D eigenvalue weighted by Gasteiger charge is 2.37. The Hall–Kier alpha value is -2.41. The summed E-state index contributed by atoms with van der Waals surface area (Å²) < 4.78 is 5.62.